The Labute approximate surface area is 241 Å². The molecule has 1 aromatic carbocycles. The smallest absolute Gasteiger partial charge is 0.0273 e. The molecule has 0 radical (unpaired) electrons. The minimum atomic E-state index is 1.32. The number of unbranched alkanes of at least 4 members (excludes halogenated alkanes) is 20. The molecule has 0 atom stereocenters. The van der Waals surface area contributed by atoms with Crippen LogP contribution in [0.2, 0.25) is 0 Å². The second kappa shape index (κ2) is 26.4. The van der Waals surface area contributed by atoms with Gasteiger partial charge in [-0.3, -0.25) is 0 Å². The highest BCUT2D eigenvalue weighted by molar-refractivity contribution is 5.42. The lowest BCUT2D eigenvalue weighted by Crippen LogP contribution is -2.07. The Hall–Kier alpha value is -0.780. The molecule has 0 aliphatic heterocycles. The largest absolute Gasteiger partial charge is 0.0654 e. The van der Waals surface area contributed by atoms with Crippen molar-refractivity contribution >= 4 is 0 Å². The molecule has 0 amide bonds. The van der Waals surface area contributed by atoms with Gasteiger partial charge in [0, 0.05) is 0 Å². The van der Waals surface area contributed by atoms with Crippen LogP contribution in [0.25, 0.3) is 0 Å². The predicted molar refractivity (Wildman–Crippen MR) is 175 cm³/mol. The van der Waals surface area contributed by atoms with Crippen LogP contribution in [0.15, 0.2) is 12.1 Å². The molecule has 1 aromatic rings. The molecule has 0 aromatic heterocycles. The van der Waals surface area contributed by atoms with Gasteiger partial charge in [-0.15, -0.1) is 0 Å². The molecule has 38 heavy (non-hydrogen) atoms. The first-order valence-electron chi connectivity index (χ1n) is 17.9. The number of hydrogen-bond donors (Lipinski definition) is 0. The van der Waals surface area contributed by atoms with Gasteiger partial charge in [0.1, 0.15) is 0 Å². The second-order valence-corrected chi connectivity index (χ2v) is 12.4. The standard InChI is InChI=1S/C38H70/c1-5-9-13-17-21-25-29-35-33-34-36(30-26-22-18-14-10-6-2)38(32-28-24-20-16-12-8-4)37(35)31-27-23-19-15-11-7-3/h33-34H,5-32H2,1-4H3. The van der Waals surface area contributed by atoms with Crippen LogP contribution in [0.3, 0.4) is 0 Å². The maximum atomic E-state index is 2.58. The number of rotatable bonds is 28. The molecule has 0 saturated heterocycles. The van der Waals surface area contributed by atoms with Crippen molar-refractivity contribution in [1.29, 1.82) is 0 Å². The summed E-state index contributed by atoms with van der Waals surface area (Å²) in [7, 11) is 0. The fourth-order valence-corrected chi connectivity index (χ4v) is 6.24. The monoisotopic (exact) mass is 527 g/mol. The van der Waals surface area contributed by atoms with E-state index in [0.29, 0.717) is 0 Å². The maximum Gasteiger partial charge on any atom is -0.0273 e. The van der Waals surface area contributed by atoms with Crippen LogP contribution in [-0.4, -0.2) is 0 Å². The van der Waals surface area contributed by atoms with Crippen molar-refractivity contribution in [3.05, 3.63) is 34.4 Å². The average Bonchev–Trinajstić information content (AvgIpc) is 2.93. The molecule has 0 aliphatic carbocycles. The SMILES string of the molecule is CCCCCCCCc1ccc(CCCCCCCC)c(CCCCCCCC)c1CCCCCCCC. The van der Waals surface area contributed by atoms with Gasteiger partial charge >= 0.3 is 0 Å². The van der Waals surface area contributed by atoms with Gasteiger partial charge in [-0.05, 0) is 73.6 Å². The summed E-state index contributed by atoms with van der Waals surface area (Å²) in [6.45, 7) is 9.32. The van der Waals surface area contributed by atoms with Gasteiger partial charge in [0.15, 0.2) is 0 Å². The molecule has 0 heterocycles. The van der Waals surface area contributed by atoms with Crippen LogP contribution in [0.4, 0.5) is 0 Å². The number of benzene rings is 1. The fourth-order valence-electron chi connectivity index (χ4n) is 6.24. The Bertz CT molecular complexity index is 572. The molecule has 0 bridgehead atoms. The predicted octanol–water partition coefficient (Wildman–Crippen LogP) is 13.3. The molecule has 222 valence electrons. The molecule has 0 N–H and O–H groups in total. The number of hydrogen-bond acceptors (Lipinski definition) is 0. The molecule has 0 unspecified atom stereocenters. The van der Waals surface area contributed by atoms with Gasteiger partial charge < -0.3 is 0 Å². The lowest BCUT2D eigenvalue weighted by atomic mass is 9.85. The summed E-state index contributed by atoms with van der Waals surface area (Å²) in [5.74, 6) is 0. The molecule has 0 saturated carbocycles. The molecule has 0 nitrogen and oxygen atoms in total. The van der Waals surface area contributed by atoms with E-state index < -0.39 is 0 Å². The lowest BCUT2D eigenvalue weighted by Gasteiger charge is -2.20. The van der Waals surface area contributed by atoms with Crippen molar-refractivity contribution in [2.24, 2.45) is 0 Å². The van der Waals surface area contributed by atoms with Crippen molar-refractivity contribution in [3.63, 3.8) is 0 Å². The van der Waals surface area contributed by atoms with E-state index in [0.717, 1.165) is 0 Å². The van der Waals surface area contributed by atoms with Crippen molar-refractivity contribution < 1.29 is 0 Å². The zero-order valence-electron chi connectivity index (χ0n) is 27.0. The van der Waals surface area contributed by atoms with Gasteiger partial charge in [0.2, 0.25) is 0 Å². The zero-order valence-corrected chi connectivity index (χ0v) is 27.0. The summed E-state index contributed by atoms with van der Waals surface area (Å²) in [6.07, 6.45) is 39.1. The lowest BCUT2D eigenvalue weighted by molar-refractivity contribution is 0.588. The van der Waals surface area contributed by atoms with Crippen molar-refractivity contribution in [3.8, 4) is 0 Å². The highest BCUT2D eigenvalue weighted by atomic mass is 14.2. The molecule has 0 aliphatic rings. The van der Waals surface area contributed by atoms with E-state index in [1.54, 1.807) is 11.1 Å². The maximum absolute atomic E-state index is 2.58. The Balaban J connectivity index is 2.91. The minimum absolute atomic E-state index is 1.32. The third kappa shape index (κ3) is 17.7. The van der Waals surface area contributed by atoms with Gasteiger partial charge in [-0.2, -0.15) is 0 Å². The van der Waals surface area contributed by atoms with E-state index in [1.165, 1.54) is 180 Å². The highest BCUT2D eigenvalue weighted by Crippen LogP contribution is 2.28. The average molecular weight is 527 g/mol. The highest BCUT2D eigenvalue weighted by Gasteiger charge is 2.14. The van der Waals surface area contributed by atoms with E-state index >= 15 is 0 Å². The molecule has 1 rings (SSSR count). The van der Waals surface area contributed by atoms with Gasteiger partial charge in [0.05, 0.1) is 0 Å². The number of aryl methyl sites for hydroxylation is 2. The van der Waals surface area contributed by atoms with E-state index in [1.807, 2.05) is 11.1 Å². The van der Waals surface area contributed by atoms with Gasteiger partial charge in [-0.1, -0.05) is 168 Å². The molecule has 0 spiro atoms. The van der Waals surface area contributed by atoms with Crippen LogP contribution in [-0.2, 0) is 25.7 Å². The first kappa shape index (κ1) is 35.2. The first-order valence-corrected chi connectivity index (χ1v) is 17.9. The first-order chi connectivity index (χ1) is 18.8. The fraction of sp³-hybridized carbons (Fsp3) is 0.842. The summed E-state index contributed by atoms with van der Waals surface area (Å²) in [4.78, 5) is 0. The summed E-state index contributed by atoms with van der Waals surface area (Å²) >= 11 is 0. The van der Waals surface area contributed by atoms with Crippen molar-refractivity contribution in [2.75, 3.05) is 0 Å². The Morgan fingerprint density at radius 3 is 0.816 bits per heavy atom. The summed E-state index contributed by atoms with van der Waals surface area (Å²) in [5, 5.41) is 0. The van der Waals surface area contributed by atoms with Crippen LogP contribution < -0.4 is 0 Å². The van der Waals surface area contributed by atoms with E-state index in [4.69, 9.17) is 0 Å². The van der Waals surface area contributed by atoms with Crippen molar-refractivity contribution in [1.82, 2.24) is 0 Å². The van der Waals surface area contributed by atoms with Crippen molar-refractivity contribution in [2.45, 2.75) is 207 Å². The quantitative estimate of drug-likeness (QED) is 0.0952. The van der Waals surface area contributed by atoms with Gasteiger partial charge in [0.25, 0.3) is 0 Å². The third-order valence-electron chi connectivity index (χ3n) is 8.79. The third-order valence-corrected chi connectivity index (χ3v) is 8.79. The second-order valence-electron chi connectivity index (χ2n) is 12.4. The van der Waals surface area contributed by atoms with Gasteiger partial charge in [-0.25, -0.2) is 0 Å². The Morgan fingerprint density at radius 2 is 0.526 bits per heavy atom. The van der Waals surface area contributed by atoms with Crippen LogP contribution >= 0.6 is 0 Å². The van der Waals surface area contributed by atoms with Crippen LogP contribution in [0, 0.1) is 0 Å². The molecular formula is C38H70. The molecule has 0 fully saturated rings. The molecular weight excluding hydrogens is 456 g/mol. The topological polar surface area (TPSA) is 0 Å². The minimum Gasteiger partial charge on any atom is -0.0654 e. The zero-order chi connectivity index (χ0) is 27.5. The van der Waals surface area contributed by atoms with E-state index in [-0.39, 0.29) is 0 Å². The normalized spacial score (nSPS) is 11.5. The summed E-state index contributed by atoms with van der Waals surface area (Å²) in [5.41, 5.74) is 7.07. The Kier molecular flexibility index (Phi) is 24.5. The summed E-state index contributed by atoms with van der Waals surface area (Å²) < 4.78 is 0. The van der Waals surface area contributed by atoms with Crippen LogP contribution in [0.5, 0.6) is 0 Å². The Morgan fingerprint density at radius 1 is 0.289 bits per heavy atom. The van der Waals surface area contributed by atoms with E-state index in [2.05, 4.69) is 39.8 Å². The molecule has 0 heteroatoms. The van der Waals surface area contributed by atoms with E-state index in [9.17, 15) is 0 Å². The summed E-state index contributed by atoms with van der Waals surface area (Å²) in [6, 6.07) is 5.16. The van der Waals surface area contributed by atoms with Crippen LogP contribution in [0.1, 0.15) is 204 Å².